The first-order valence-electron chi connectivity index (χ1n) is 15.5. The Morgan fingerprint density at radius 2 is 0.775 bits per heavy atom. The second-order valence-corrected chi connectivity index (χ2v) is 10.3. The Morgan fingerprint density at radius 1 is 0.375 bits per heavy atom. The standard InChI is InChI=1S/C38H24N2/c1-3-11-27-23-29(19-17-25(27)9-1)39-33-15-7-5-13-31(33)37-35(39)21-22-36-38(37)32-14-6-8-16-34(32)40(36)30-20-18-26-10-2-4-12-28(26)24-30/h1-24H/i19D,20D,23D,24D. The molecular weight excluding hydrogens is 484 g/mol. The minimum absolute atomic E-state index is 0.299. The van der Waals surface area contributed by atoms with Crippen molar-refractivity contribution in [1.82, 2.24) is 9.13 Å². The van der Waals surface area contributed by atoms with Gasteiger partial charge in [-0.05, 0) is 70.0 Å². The fraction of sp³-hybridized carbons (Fsp3) is 0. The van der Waals surface area contributed by atoms with Gasteiger partial charge < -0.3 is 9.13 Å². The summed E-state index contributed by atoms with van der Waals surface area (Å²) in [5, 5.41) is 7.49. The Morgan fingerprint density at radius 3 is 1.25 bits per heavy atom. The van der Waals surface area contributed by atoms with Gasteiger partial charge in [-0.25, -0.2) is 0 Å². The van der Waals surface area contributed by atoms with Crippen LogP contribution in [0.15, 0.2) is 145 Å². The van der Waals surface area contributed by atoms with E-state index in [1.165, 1.54) is 0 Å². The highest BCUT2D eigenvalue weighted by Crippen LogP contribution is 2.42. The summed E-state index contributed by atoms with van der Waals surface area (Å²) in [7, 11) is 0. The molecule has 2 aromatic heterocycles. The van der Waals surface area contributed by atoms with Crippen molar-refractivity contribution < 1.29 is 5.48 Å². The lowest BCUT2D eigenvalue weighted by Gasteiger charge is -2.11. The van der Waals surface area contributed by atoms with Gasteiger partial charge in [-0.2, -0.15) is 0 Å². The number of fused-ring (bicyclic) bond motifs is 9. The summed E-state index contributed by atoms with van der Waals surface area (Å²) in [6, 6.07) is 41.0. The third kappa shape index (κ3) is 2.93. The van der Waals surface area contributed by atoms with Crippen molar-refractivity contribution >= 4 is 65.2 Å². The van der Waals surface area contributed by atoms with Gasteiger partial charge in [0.1, 0.15) is 0 Å². The average Bonchev–Trinajstić information content (AvgIpc) is 3.54. The summed E-state index contributed by atoms with van der Waals surface area (Å²) < 4.78 is 40.7. The zero-order valence-electron chi connectivity index (χ0n) is 25.4. The summed E-state index contributed by atoms with van der Waals surface area (Å²) in [4.78, 5) is 0. The molecule has 2 heteroatoms. The van der Waals surface area contributed by atoms with Crippen molar-refractivity contribution in [3.05, 3.63) is 145 Å². The molecule has 0 amide bonds. The summed E-state index contributed by atoms with van der Waals surface area (Å²) in [6.07, 6.45) is 0. The first kappa shape index (κ1) is 18.0. The van der Waals surface area contributed by atoms with Crippen molar-refractivity contribution in [3.63, 3.8) is 0 Å². The summed E-state index contributed by atoms with van der Waals surface area (Å²) in [5.41, 5.74) is 4.78. The van der Waals surface area contributed by atoms with Crippen LogP contribution in [0.25, 0.3) is 76.5 Å². The molecule has 0 spiro atoms. The number of nitrogens with zero attached hydrogens (tertiary/aromatic N) is 2. The Balaban J connectivity index is 1.47. The molecule has 0 N–H and O–H groups in total. The van der Waals surface area contributed by atoms with Crippen molar-refractivity contribution in [1.29, 1.82) is 0 Å². The Bertz CT molecular complexity index is 2480. The van der Waals surface area contributed by atoms with Crippen LogP contribution in [0.2, 0.25) is 0 Å². The minimum atomic E-state index is 0.299. The molecule has 40 heavy (non-hydrogen) atoms. The van der Waals surface area contributed by atoms with Gasteiger partial charge in [0.2, 0.25) is 0 Å². The van der Waals surface area contributed by atoms with Crippen LogP contribution in [0.3, 0.4) is 0 Å². The van der Waals surface area contributed by atoms with Crippen molar-refractivity contribution in [2.24, 2.45) is 0 Å². The van der Waals surface area contributed by atoms with E-state index in [0.717, 1.165) is 65.2 Å². The molecule has 2 heterocycles. The van der Waals surface area contributed by atoms with E-state index in [0.29, 0.717) is 35.5 Å². The van der Waals surface area contributed by atoms with Gasteiger partial charge in [-0.15, -0.1) is 0 Å². The second-order valence-electron chi connectivity index (χ2n) is 10.3. The summed E-state index contributed by atoms with van der Waals surface area (Å²) in [6.45, 7) is 0. The molecule has 186 valence electrons. The van der Waals surface area contributed by atoms with Gasteiger partial charge in [-0.3, -0.25) is 0 Å². The molecular formula is C38H24N2. The van der Waals surface area contributed by atoms with Crippen LogP contribution < -0.4 is 0 Å². The van der Waals surface area contributed by atoms with E-state index >= 15 is 0 Å². The number of rotatable bonds is 2. The lowest BCUT2D eigenvalue weighted by Crippen LogP contribution is -1.95. The van der Waals surface area contributed by atoms with E-state index < -0.39 is 0 Å². The Labute approximate surface area is 236 Å². The van der Waals surface area contributed by atoms with Gasteiger partial charge in [-0.1, -0.05) is 97.1 Å². The molecule has 9 aromatic rings. The number of hydrogen-bond acceptors (Lipinski definition) is 0. The highest BCUT2D eigenvalue weighted by Gasteiger charge is 2.20. The van der Waals surface area contributed by atoms with E-state index in [1.807, 2.05) is 84.9 Å². The van der Waals surface area contributed by atoms with Crippen LogP contribution in [0.4, 0.5) is 0 Å². The number of hydrogen-bond donors (Lipinski definition) is 0. The zero-order valence-corrected chi connectivity index (χ0v) is 21.4. The fourth-order valence-corrected chi connectivity index (χ4v) is 6.33. The molecule has 0 aliphatic carbocycles. The summed E-state index contributed by atoms with van der Waals surface area (Å²) >= 11 is 0. The van der Waals surface area contributed by atoms with Gasteiger partial charge in [0, 0.05) is 32.9 Å². The topological polar surface area (TPSA) is 9.86 Å². The van der Waals surface area contributed by atoms with E-state index in [9.17, 15) is 2.74 Å². The van der Waals surface area contributed by atoms with Gasteiger partial charge in [0.05, 0.1) is 27.5 Å². The van der Waals surface area contributed by atoms with Crippen LogP contribution in [0.1, 0.15) is 5.48 Å². The van der Waals surface area contributed by atoms with E-state index in [-0.39, 0.29) is 0 Å². The van der Waals surface area contributed by atoms with Crippen molar-refractivity contribution in [3.8, 4) is 11.4 Å². The molecule has 0 radical (unpaired) electrons. The maximum Gasteiger partial charge on any atom is 0.0651 e. The van der Waals surface area contributed by atoms with Crippen LogP contribution in [0, 0.1) is 0 Å². The van der Waals surface area contributed by atoms with Crippen molar-refractivity contribution in [2.45, 2.75) is 0 Å². The molecule has 0 fully saturated rings. The van der Waals surface area contributed by atoms with Gasteiger partial charge in [0.25, 0.3) is 0 Å². The maximum atomic E-state index is 9.24. The van der Waals surface area contributed by atoms with Crippen LogP contribution >= 0.6 is 0 Å². The first-order valence-corrected chi connectivity index (χ1v) is 13.5. The van der Waals surface area contributed by atoms with Gasteiger partial charge in [0.15, 0.2) is 0 Å². The number of para-hydroxylation sites is 2. The molecule has 0 bridgehead atoms. The zero-order chi connectivity index (χ0) is 29.7. The highest BCUT2D eigenvalue weighted by atomic mass is 15.0. The lowest BCUT2D eigenvalue weighted by molar-refractivity contribution is 1.18. The highest BCUT2D eigenvalue weighted by molar-refractivity contribution is 6.29. The summed E-state index contributed by atoms with van der Waals surface area (Å²) in [5.74, 6) is 0. The maximum absolute atomic E-state index is 9.24. The number of benzene rings is 7. The minimum Gasteiger partial charge on any atom is -0.309 e. The van der Waals surface area contributed by atoms with Crippen LogP contribution in [-0.2, 0) is 0 Å². The molecule has 2 nitrogen and oxygen atoms in total. The van der Waals surface area contributed by atoms with Crippen LogP contribution in [0.5, 0.6) is 0 Å². The quantitative estimate of drug-likeness (QED) is 0.218. The van der Waals surface area contributed by atoms with E-state index in [1.54, 1.807) is 0 Å². The first-order chi connectivity index (χ1) is 21.5. The van der Waals surface area contributed by atoms with E-state index in [2.05, 4.69) is 45.5 Å². The molecule has 0 aliphatic rings. The van der Waals surface area contributed by atoms with Gasteiger partial charge >= 0.3 is 0 Å². The average molecular weight is 513 g/mol. The molecule has 0 atom stereocenters. The smallest absolute Gasteiger partial charge is 0.0651 e. The molecule has 9 rings (SSSR count). The third-order valence-corrected chi connectivity index (χ3v) is 8.08. The normalized spacial score (nSPS) is 13.4. The molecule has 7 aromatic carbocycles. The third-order valence-electron chi connectivity index (χ3n) is 8.08. The van der Waals surface area contributed by atoms with Crippen molar-refractivity contribution in [2.75, 3.05) is 0 Å². The van der Waals surface area contributed by atoms with Crippen LogP contribution in [-0.4, -0.2) is 9.13 Å². The Kier molecular flexibility index (Phi) is 3.64. The predicted molar refractivity (Wildman–Crippen MR) is 170 cm³/mol. The Hall–Kier alpha value is -5.34. The molecule has 0 aliphatic heterocycles. The lowest BCUT2D eigenvalue weighted by atomic mass is 10.1. The SMILES string of the molecule is [2H]c1cc2ccccc2c([2H])c1-n1c2ccccc2c2c3c4ccccc4n(-c4c([2H])cc5ccccc5c4[2H])c3ccc21. The molecule has 0 saturated carbocycles. The second kappa shape index (κ2) is 8.08. The number of aromatic nitrogens is 2. The molecule has 0 saturated heterocycles. The predicted octanol–water partition coefficient (Wildman–Crippen LogP) is 10.2. The monoisotopic (exact) mass is 512 g/mol. The largest absolute Gasteiger partial charge is 0.309 e. The fourth-order valence-electron chi connectivity index (χ4n) is 6.33. The molecule has 0 unspecified atom stereocenters. The van der Waals surface area contributed by atoms with E-state index in [4.69, 9.17) is 2.74 Å².